The van der Waals surface area contributed by atoms with Crippen LogP contribution >= 0.6 is 0 Å². The minimum atomic E-state index is -1.19. The Kier molecular flexibility index (Phi) is 12.1. The molecule has 1 aromatic heterocycles. The molecule has 1 heterocycles. The van der Waals surface area contributed by atoms with Crippen LogP contribution in [-0.2, 0) is 30.4 Å². The Hall–Kier alpha value is -3.52. The third-order valence-corrected chi connectivity index (χ3v) is 4.65. The number of carboxylic acid groups (broad SMARTS) is 1. The van der Waals surface area contributed by atoms with Gasteiger partial charge in [0.05, 0.1) is 18.9 Å². The molecule has 0 aliphatic rings. The predicted molar refractivity (Wildman–Crippen MR) is 116 cm³/mol. The first-order valence-electron chi connectivity index (χ1n) is 10.5. The zero-order valence-corrected chi connectivity index (χ0v) is 18.2. The molecule has 3 atom stereocenters. The number of imidazole rings is 1. The van der Waals surface area contributed by atoms with Crippen molar-refractivity contribution in [1.82, 2.24) is 25.9 Å². The molecule has 184 valence electrons. The Labute approximate surface area is 190 Å². The fourth-order valence-electron chi connectivity index (χ4n) is 2.82. The van der Waals surface area contributed by atoms with E-state index in [-0.39, 0.29) is 25.7 Å². The van der Waals surface area contributed by atoms with Crippen LogP contribution in [-0.4, -0.2) is 75.9 Å². The van der Waals surface area contributed by atoms with Crippen LogP contribution in [0.4, 0.5) is 0 Å². The van der Waals surface area contributed by atoms with Gasteiger partial charge in [0, 0.05) is 24.7 Å². The van der Waals surface area contributed by atoms with Crippen molar-refractivity contribution in [1.29, 1.82) is 0 Å². The molecule has 0 aliphatic carbocycles. The number of amides is 4. The zero-order valence-electron chi connectivity index (χ0n) is 18.2. The predicted octanol–water partition coefficient (Wildman–Crippen LogP) is -3.16. The number of nitrogens with two attached hydrogens (primary N) is 3. The average molecular weight is 469 g/mol. The number of primary amides is 1. The average Bonchev–Trinajstić information content (AvgIpc) is 3.27. The summed E-state index contributed by atoms with van der Waals surface area (Å²) < 4.78 is 0. The summed E-state index contributed by atoms with van der Waals surface area (Å²) in [5, 5.41) is 16.4. The van der Waals surface area contributed by atoms with E-state index in [1.54, 1.807) is 0 Å². The minimum absolute atomic E-state index is 0.00268. The quantitative estimate of drug-likeness (QED) is 0.114. The van der Waals surface area contributed by atoms with Crippen LogP contribution in [0.1, 0.15) is 37.8 Å². The van der Waals surface area contributed by atoms with E-state index in [9.17, 15) is 29.1 Å². The summed E-state index contributed by atoms with van der Waals surface area (Å²) in [5.41, 5.74) is 16.7. The topological polar surface area (TPSA) is 248 Å². The van der Waals surface area contributed by atoms with Crippen LogP contribution in [0.5, 0.6) is 0 Å². The largest absolute Gasteiger partial charge is 0.480 e. The molecule has 1 aromatic rings. The summed E-state index contributed by atoms with van der Waals surface area (Å²) in [7, 11) is 0. The van der Waals surface area contributed by atoms with Gasteiger partial charge in [0.2, 0.25) is 23.6 Å². The lowest BCUT2D eigenvalue weighted by molar-refractivity contribution is -0.142. The lowest BCUT2D eigenvalue weighted by Gasteiger charge is -2.20. The number of nitrogens with zero attached hydrogens (tertiary/aromatic N) is 1. The fraction of sp³-hybridized carbons (Fsp3) is 0.579. The molecule has 33 heavy (non-hydrogen) atoms. The third-order valence-electron chi connectivity index (χ3n) is 4.65. The van der Waals surface area contributed by atoms with Gasteiger partial charge in [-0.3, -0.25) is 19.2 Å². The van der Waals surface area contributed by atoms with Crippen molar-refractivity contribution in [2.24, 2.45) is 17.2 Å². The first-order chi connectivity index (χ1) is 15.6. The third kappa shape index (κ3) is 11.1. The highest BCUT2D eigenvalue weighted by Crippen LogP contribution is 2.03. The first-order valence-corrected chi connectivity index (χ1v) is 10.5. The van der Waals surface area contributed by atoms with E-state index in [0.717, 1.165) is 0 Å². The lowest BCUT2D eigenvalue weighted by atomic mass is 10.1. The number of unbranched alkanes of at least 4 members (excludes halogenated alkanes) is 1. The number of hydrogen-bond acceptors (Lipinski definition) is 8. The molecular formula is C19H32N8O6. The molecule has 0 spiro atoms. The molecule has 0 saturated heterocycles. The van der Waals surface area contributed by atoms with E-state index >= 15 is 0 Å². The Morgan fingerprint density at radius 3 is 2.36 bits per heavy atom. The minimum Gasteiger partial charge on any atom is -0.480 e. The van der Waals surface area contributed by atoms with E-state index in [1.807, 2.05) is 0 Å². The normalized spacial score (nSPS) is 13.4. The molecule has 14 heteroatoms. The van der Waals surface area contributed by atoms with Gasteiger partial charge in [-0.05, 0) is 32.2 Å². The Balaban J connectivity index is 2.69. The van der Waals surface area contributed by atoms with Crippen molar-refractivity contribution in [3.8, 4) is 0 Å². The van der Waals surface area contributed by atoms with E-state index in [0.29, 0.717) is 25.1 Å². The van der Waals surface area contributed by atoms with Crippen LogP contribution in [0.15, 0.2) is 12.5 Å². The van der Waals surface area contributed by atoms with Crippen LogP contribution in [0.25, 0.3) is 0 Å². The molecule has 1 rings (SSSR count). The van der Waals surface area contributed by atoms with Gasteiger partial charge < -0.3 is 43.2 Å². The van der Waals surface area contributed by atoms with Gasteiger partial charge in [0.1, 0.15) is 12.1 Å². The Morgan fingerprint density at radius 1 is 1.06 bits per heavy atom. The summed E-state index contributed by atoms with van der Waals surface area (Å²) in [5.74, 6) is -3.87. The van der Waals surface area contributed by atoms with Crippen molar-refractivity contribution in [3.05, 3.63) is 18.2 Å². The molecular weight excluding hydrogens is 436 g/mol. The number of nitrogens with one attached hydrogen (secondary N) is 4. The number of hydrogen-bond donors (Lipinski definition) is 8. The molecule has 0 bridgehead atoms. The zero-order chi connectivity index (χ0) is 24.8. The SMILES string of the molecule is NCCCCC(NC(=O)CNC(=O)C(Cc1cnc[nH]1)NC(=O)C(N)CCC(N)=O)C(=O)O. The monoisotopic (exact) mass is 468 g/mol. The molecule has 14 nitrogen and oxygen atoms in total. The van der Waals surface area contributed by atoms with Crippen LogP contribution in [0, 0.1) is 0 Å². The number of rotatable bonds is 16. The van der Waals surface area contributed by atoms with E-state index in [4.69, 9.17) is 17.2 Å². The molecule has 4 amide bonds. The first kappa shape index (κ1) is 27.5. The molecule has 0 saturated carbocycles. The van der Waals surface area contributed by atoms with Gasteiger partial charge in [-0.15, -0.1) is 0 Å². The van der Waals surface area contributed by atoms with Crippen molar-refractivity contribution < 1.29 is 29.1 Å². The van der Waals surface area contributed by atoms with Crippen LogP contribution < -0.4 is 33.2 Å². The van der Waals surface area contributed by atoms with Gasteiger partial charge in [0.15, 0.2) is 0 Å². The maximum Gasteiger partial charge on any atom is 0.326 e. The van der Waals surface area contributed by atoms with Crippen LogP contribution in [0.3, 0.4) is 0 Å². The van der Waals surface area contributed by atoms with Crippen molar-refractivity contribution >= 4 is 29.6 Å². The highest BCUT2D eigenvalue weighted by atomic mass is 16.4. The van der Waals surface area contributed by atoms with E-state index in [1.165, 1.54) is 12.5 Å². The molecule has 0 radical (unpaired) electrons. The number of carboxylic acids is 1. The number of H-pyrrole nitrogens is 1. The second-order valence-electron chi connectivity index (χ2n) is 7.41. The fourth-order valence-corrected chi connectivity index (χ4v) is 2.82. The van der Waals surface area contributed by atoms with Crippen molar-refractivity contribution in [3.63, 3.8) is 0 Å². The maximum absolute atomic E-state index is 12.6. The van der Waals surface area contributed by atoms with Gasteiger partial charge in [-0.2, -0.15) is 0 Å². The highest BCUT2D eigenvalue weighted by Gasteiger charge is 2.26. The number of carbonyl (C=O) groups is 5. The summed E-state index contributed by atoms with van der Waals surface area (Å²) in [6.07, 6.45) is 4.14. The van der Waals surface area contributed by atoms with E-state index in [2.05, 4.69) is 25.9 Å². The summed E-state index contributed by atoms with van der Waals surface area (Å²) >= 11 is 0. The standard InChI is InChI=1S/C19H32N8O6/c20-6-2-1-3-13(19(32)33)26-16(29)9-24-18(31)14(7-11-8-23-10-25-11)27-17(30)12(21)4-5-15(22)28/h8,10,12-14H,1-7,9,20-21H2,(H2,22,28)(H,23,25)(H,24,31)(H,26,29)(H,27,30)(H,32,33). The van der Waals surface area contributed by atoms with Crippen molar-refractivity contribution in [2.45, 2.75) is 56.7 Å². The molecule has 0 aromatic carbocycles. The molecule has 0 fully saturated rings. The molecule has 11 N–H and O–H groups in total. The van der Waals surface area contributed by atoms with Gasteiger partial charge in [0.25, 0.3) is 0 Å². The number of aliphatic carboxylic acids is 1. The summed E-state index contributed by atoms with van der Waals surface area (Å²) in [6, 6.07) is -3.28. The molecule has 3 unspecified atom stereocenters. The lowest BCUT2D eigenvalue weighted by Crippen LogP contribution is -2.54. The summed E-state index contributed by atoms with van der Waals surface area (Å²) in [6.45, 7) is -0.0887. The van der Waals surface area contributed by atoms with Crippen LogP contribution in [0.2, 0.25) is 0 Å². The number of aromatic nitrogens is 2. The molecule has 0 aliphatic heterocycles. The van der Waals surface area contributed by atoms with Gasteiger partial charge in [-0.25, -0.2) is 9.78 Å². The number of aromatic amines is 1. The van der Waals surface area contributed by atoms with Gasteiger partial charge >= 0.3 is 5.97 Å². The number of carbonyl (C=O) groups excluding carboxylic acids is 4. The maximum atomic E-state index is 12.6. The highest BCUT2D eigenvalue weighted by molar-refractivity contribution is 5.92. The van der Waals surface area contributed by atoms with Gasteiger partial charge in [-0.1, -0.05) is 0 Å². The summed E-state index contributed by atoms with van der Waals surface area (Å²) in [4.78, 5) is 66.0. The Bertz CT molecular complexity index is 800. The van der Waals surface area contributed by atoms with Crippen molar-refractivity contribution in [2.75, 3.05) is 13.1 Å². The second-order valence-corrected chi connectivity index (χ2v) is 7.41. The van der Waals surface area contributed by atoms with E-state index < -0.39 is 54.3 Å². The smallest absolute Gasteiger partial charge is 0.326 e. The second kappa shape index (κ2) is 14.5. The Morgan fingerprint density at radius 2 is 1.79 bits per heavy atom.